The van der Waals surface area contributed by atoms with E-state index >= 15 is 0 Å². The third-order valence-electron chi connectivity index (χ3n) is 4.21. The summed E-state index contributed by atoms with van der Waals surface area (Å²) in [6.07, 6.45) is 0.860. The van der Waals surface area contributed by atoms with Gasteiger partial charge in [-0.25, -0.2) is 4.79 Å². The van der Waals surface area contributed by atoms with Crippen LogP contribution >= 0.6 is 0 Å². The molecule has 1 aliphatic rings. The quantitative estimate of drug-likeness (QED) is 0.433. The lowest BCUT2D eigenvalue weighted by atomic mass is 9.70. The fraction of sp³-hybridized carbons (Fsp3) is 0.476. The second kappa shape index (κ2) is 6.61. The molecule has 24 heavy (non-hydrogen) atoms. The van der Waals surface area contributed by atoms with Crippen LogP contribution in [-0.4, -0.2) is 20.7 Å². The highest BCUT2D eigenvalue weighted by atomic mass is 28.3. The number of hydrogen-bond acceptors (Lipinski definition) is 2. The predicted octanol–water partition coefficient (Wildman–Crippen LogP) is 4.93. The van der Waals surface area contributed by atoms with Gasteiger partial charge in [-0.15, -0.1) is 5.54 Å². The molecule has 0 saturated heterocycles. The molecule has 2 rings (SSSR count). The minimum Gasteiger partial charge on any atom is -0.462 e. The molecule has 1 aliphatic carbocycles. The normalized spacial score (nSPS) is 16.1. The number of hydrogen-bond donors (Lipinski definition) is 0. The minimum absolute atomic E-state index is 0.00768. The highest BCUT2D eigenvalue weighted by Gasteiger charge is 2.34. The molecule has 3 heteroatoms. The van der Waals surface area contributed by atoms with Crippen molar-refractivity contribution >= 4 is 19.6 Å². The van der Waals surface area contributed by atoms with Gasteiger partial charge in [0.1, 0.15) is 8.07 Å². The number of carbonyl (C=O) groups is 1. The van der Waals surface area contributed by atoms with Gasteiger partial charge in [0.15, 0.2) is 0 Å². The highest BCUT2D eigenvalue weighted by Crippen LogP contribution is 2.43. The van der Waals surface area contributed by atoms with E-state index in [0.29, 0.717) is 6.61 Å². The molecule has 1 aromatic carbocycles. The molecule has 0 saturated carbocycles. The number of allylic oxidation sites excluding steroid dienone is 1. The fourth-order valence-electron chi connectivity index (χ4n) is 3.22. The maximum atomic E-state index is 12.4. The third kappa shape index (κ3) is 3.99. The van der Waals surface area contributed by atoms with E-state index < -0.39 is 8.07 Å². The molecule has 0 aliphatic heterocycles. The molecule has 0 spiro atoms. The highest BCUT2D eigenvalue weighted by molar-refractivity contribution is 6.83. The van der Waals surface area contributed by atoms with E-state index in [2.05, 4.69) is 51.0 Å². The van der Waals surface area contributed by atoms with E-state index in [9.17, 15) is 4.79 Å². The molecule has 0 heterocycles. The third-order valence-corrected chi connectivity index (χ3v) is 5.09. The Morgan fingerprint density at radius 3 is 2.54 bits per heavy atom. The minimum atomic E-state index is -1.41. The first-order valence-corrected chi connectivity index (χ1v) is 12.1. The summed E-state index contributed by atoms with van der Waals surface area (Å²) in [4.78, 5) is 12.4. The van der Waals surface area contributed by atoms with Gasteiger partial charge in [-0.2, -0.15) is 0 Å². The van der Waals surface area contributed by atoms with Gasteiger partial charge in [0.2, 0.25) is 0 Å². The van der Waals surface area contributed by atoms with E-state index in [-0.39, 0.29) is 11.4 Å². The van der Waals surface area contributed by atoms with E-state index in [1.165, 1.54) is 5.56 Å². The molecule has 0 amide bonds. The van der Waals surface area contributed by atoms with Crippen LogP contribution in [0, 0.1) is 11.5 Å². The van der Waals surface area contributed by atoms with Crippen LogP contribution in [0.2, 0.25) is 19.6 Å². The SMILES string of the molecule is CCOC(=O)C1=C(C)CC(C)(C)c2cc(C#C[Si](C)(C)C)ccc21. The number of rotatable bonds is 2. The largest absolute Gasteiger partial charge is 0.462 e. The monoisotopic (exact) mass is 340 g/mol. The molecule has 1 aromatic rings. The molecule has 128 valence electrons. The zero-order valence-electron chi connectivity index (χ0n) is 16.0. The zero-order valence-corrected chi connectivity index (χ0v) is 17.0. The average Bonchev–Trinajstić information content (AvgIpc) is 2.44. The van der Waals surface area contributed by atoms with Crippen molar-refractivity contribution in [2.45, 2.75) is 59.2 Å². The van der Waals surface area contributed by atoms with E-state index in [0.717, 1.165) is 28.7 Å². The lowest BCUT2D eigenvalue weighted by Gasteiger charge is -2.34. The van der Waals surface area contributed by atoms with Crippen molar-refractivity contribution in [2.75, 3.05) is 6.61 Å². The van der Waals surface area contributed by atoms with Crippen molar-refractivity contribution in [3.05, 3.63) is 40.5 Å². The Labute approximate surface area is 147 Å². The maximum Gasteiger partial charge on any atom is 0.338 e. The molecule has 0 unspecified atom stereocenters. The summed E-state index contributed by atoms with van der Waals surface area (Å²) < 4.78 is 5.28. The van der Waals surface area contributed by atoms with Crippen molar-refractivity contribution < 1.29 is 9.53 Å². The van der Waals surface area contributed by atoms with Crippen LogP contribution in [0.5, 0.6) is 0 Å². The molecular weight excluding hydrogens is 312 g/mol. The van der Waals surface area contributed by atoms with Crippen LogP contribution in [0.4, 0.5) is 0 Å². The summed E-state index contributed by atoms with van der Waals surface area (Å²) in [6, 6.07) is 6.23. The van der Waals surface area contributed by atoms with E-state index in [1.54, 1.807) is 0 Å². The number of ether oxygens (including phenoxy) is 1. The summed E-state index contributed by atoms with van der Waals surface area (Å²) in [7, 11) is -1.41. The van der Waals surface area contributed by atoms with Gasteiger partial charge in [-0.05, 0) is 48.9 Å². The fourth-order valence-corrected chi connectivity index (χ4v) is 3.74. The van der Waals surface area contributed by atoms with Gasteiger partial charge in [0.25, 0.3) is 0 Å². The lowest BCUT2D eigenvalue weighted by molar-refractivity contribution is -0.136. The van der Waals surface area contributed by atoms with Crippen LogP contribution in [-0.2, 0) is 14.9 Å². The summed E-state index contributed by atoms with van der Waals surface area (Å²) in [5.41, 5.74) is 8.48. The maximum absolute atomic E-state index is 12.4. The molecule has 2 nitrogen and oxygen atoms in total. The first-order valence-electron chi connectivity index (χ1n) is 8.60. The summed E-state index contributed by atoms with van der Waals surface area (Å²) in [6.45, 7) is 15.5. The second-order valence-corrected chi connectivity index (χ2v) is 12.9. The van der Waals surface area contributed by atoms with E-state index in [4.69, 9.17) is 4.74 Å². The van der Waals surface area contributed by atoms with Gasteiger partial charge in [0.05, 0.1) is 12.2 Å². The molecule has 0 bridgehead atoms. The van der Waals surface area contributed by atoms with Gasteiger partial charge < -0.3 is 4.74 Å². The van der Waals surface area contributed by atoms with Crippen molar-refractivity contribution in [3.8, 4) is 11.5 Å². The van der Waals surface area contributed by atoms with E-state index in [1.807, 2.05) is 26.0 Å². The summed E-state index contributed by atoms with van der Waals surface area (Å²) >= 11 is 0. The molecular formula is C21H28O2Si. The Balaban J connectivity index is 2.57. The van der Waals surface area contributed by atoms with Crippen molar-refractivity contribution in [2.24, 2.45) is 0 Å². The van der Waals surface area contributed by atoms with Crippen LogP contribution in [0.25, 0.3) is 5.57 Å². The molecule has 0 atom stereocenters. The molecule has 0 fully saturated rings. The topological polar surface area (TPSA) is 26.3 Å². The molecule has 0 radical (unpaired) electrons. The van der Waals surface area contributed by atoms with Gasteiger partial charge >= 0.3 is 5.97 Å². The van der Waals surface area contributed by atoms with Crippen molar-refractivity contribution in [1.29, 1.82) is 0 Å². The second-order valence-electron chi connectivity index (χ2n) is 8.20. The smallest absolute Gasteiger partial charge is 0.338 e. The first-order chi connectivity index (χ1) is 11.0. The number of benzene rings is 1. The standard InChI is InChI=1S/C21H28O2Si/c1-8-23-20(22)19-15(2)14-21(3,4)18-13-16(9-10-17(18)19)11-12-24(5,6)7/h9-10,13H,8,14H2,1-7H3. The summed E-state index contributed by atoms with van der Waals surface area (Å²) in [5.74, 6) is 3.12. The average molecular weight is 341 g/mol. The zero-order chi connectivity index (χ0) is 18.1. The van der Waals surface area contributed by atoms with Crippen LogP contribution in [0.1, 0.15) is 50.8 Å². The predicted molar refractivity (Wildman–Crippen MR) is 104 cm³/mol. The van der Waals surface area contributed by atoms with Crippen molar-refractivity contribution in [3.63, 3.8) is 0 Å². The first kappa shape index (κ1) is 18.5. The Morgan fingerprint density at radius 2 is 1.96 bits per heavy atom. The number of carbonyl (C=O) groups excluding carboxylic acids is 1. The molecule has 0 aromatic heterocycles. The number of esters is 1. The van der Waals surface area contributed by atoms with Gasteiger partial charge in [-0.1, -0.05) is 51.0 Å². The number of fused-ring (bicyclic) bond motifs is 1. The Hall–Kier alpha value is -1.79. The summed E-state index contributed by atoms with van der Waals surface area (Å²) in [5, 5.41) is 0. The Kier molecular flexibility index (Phi) is 5.10. The van der Waals surface area contributed by atoms with Gasteiger partial charge in [-0.3, -0.25) is 0 Å². The molecule has 0 N–H and O–H groups in total. The van der Waals surface area contributed by atoms with Crippen LogP contribution in [0.3, 0.4) is 0 Å². The van der Waals surface area contributed by atoms with Gasteiger partial charge in [0, 0.05) is 5.56 Å². The van der Waals surface area contributed by atoms with Crippen molar-refractivity contribution in [1.82, 2.24) is 0 Å². The lowest BCUT2D eigenvalue weighted by Crippen LogP contribution is -2.26. The Morgan fingerprint density at radius 1 is 1.29 bits per heavy atom. The Bertz CT molecular complexity index is 752. The van der Waals surface area contributed by atoms with Crippen LogP contribution in [0.15, 0.2) is 23.8 Å². The van der Waals surface area contributed by atoms with Crippen LogP contribution < -0.4 is 0 Å².